The molecule has 1 heterocycles. The Morgan fingerprint density at radius 3 is 2.55 bits per heavy atom. The van der Waals surface area contributed by atoms with Gasteiger partial charge >= 0.3 is 0 Å². The fourth-order valence-corrected chi connectivity index (χ4v) is 2.28. The van der Waals surface area contributed by atoms with Crippen LogP contribution in [-0.2, 0) is 11.2 Å². The van der Waals surface area contributed by atoms with Crippen molar-refractivity contribution in [2.45, 2.75) is 40.0 Å². The summed E-state index contributed by atoms with van der Waals surface area (Å²) >= 11 is 3.53. The van der Waals surface area contributed by atoms with Crippen LogP contribution in [0.5, 0.6) is 0 Å². The van der Waals surface area contributed by atoms with Crippen LogP contribution in [0.4, 0.5) is 0 Å². The predicted molar refractivity (Wildman–Crippen MR) is 80.5 cm³/mol. The molecule has 0 aliphatic rings. The van der Waals surface area contributed by atoms with Gasteiger partial charge in [0.1, 0.15) is 5.78 Å². The third kappa shape index (κ3) is 3.33. The zero-order valence-electron chi connectivity index (χ0n) is 11.9. The Morgan fingerprint density at radius 2 is 1.95 bits per heavy atom. The van der Waals surface area contributed by atoms with Crippen molar-refractivity contribution in [3.63, 3.8) is 0 Å². The fraction of sp³-hybridized carbons (Fsp3) is 0.400. The van der Waals surface area contributed by atoms with Crippen molar-refractivity contribution in [3.8, 4) is 11.4 Å². The predicted octanol–water partition coefficient (Wildman–Crippen LogP) is 4.03. The maximum Gasteiger partial charge on any atom is 0.234 e. The quantitative estimate of drug-likeness (QED) is 0.827. The molecule has 5 heteroatoms. The molecule has 1 aromatic carbocycles. The van der Waals surface area contributed by atoms with Gasteiger partial charge in [-0.15, -0.1) is 0 Å². The number of benzene rings is 1. The zero-order chi connectivity index (χ0) is 14.7. The molecule has 0 saturated heterocycles. The molecule has 2 aromatic rings. The summed E-state index contributed by atoms with van der Waals surface area (Å²) in [5, 5.41) is 3.96. The smallest absolute Gasteiger partial charge is 0.234 e. The van der Waals surface area contributed by atoms with Crippen molar-refractivity contribution in [1.29, 1.82) is 0 Å². The van der Waals surface area contributed by atoms with Crippen LogP contribution in [0.1, 0.15) is 36.8 Å². The van der Waals surface area contributed by atoms with Gasteiger partial charge in [0.15, 0.2) is 0 Å². The fourth-order valence-electron chi connectivity index (χ4n) is 2.05. The number of ketones is 1. The van der Waals surface area contributed by atoms with Crippen LogP contribution < -0.4 is 0 Å². The van der Waals surface area contributed by atoms with Crippen LogP contribution >= 0.6 is 15.9 Å². The molecule has 0 N–H and O–H groups in total. The summed E-state index contributed by atoms with van der Waals surface area (Å²) in [6.07, 6.45) is 1.61. The van der Waals surface area contributed by atoms with Crippen LogP contribution in [0.25, 0.3) is 11.4 Å². The maximum absolute atomic E-state index is 11.6. The molecule has 0 amide bonds. The Balaban J connectivity index is 2.22. The Bertz CT molecular complexity index is 612. The standard InChI is InChI=1S/C15H17BrN2O2/c1-4-5-12(19)8-13-17-15(18-20-13)11-6-9(2)14(16)10(3)7-11/h6-7H,4-5,8H2,1-3H3. The van der Waals surface area contributed by atoms with Gasteiger partial charge in [-0.1, -0.05) is 28.0 Å². The number of hydrogen-bond acceptors (Lipinski definition) is 4. The van der Waals surface area contributed by atoms with E-state index in [9.17, 15) is 4.79 Å². The summed E-state index contributed by atoms with van der Waals surface area (Å²) < 4.78 is 6.24. The number of carbonyl (C=O) groups is 1. The highest BCUT2D eigenvalue weighted by atomic mass is 79.9. The van der Waals surface area contributed by atoms with Crippen molar-refractivity contribution in [3.05, 3.63) is 33.6 Å². The van der Waals surface area contributed by atoms with Gasteiger partial charge in [0.2, 0.25) is 11.7 Å². The summed E-state index contributed by atoms with van der Waals surface area (Å²) in [4.78, 5) is 15.9. The summed E-state index contributed by atoms with van der Waals surface area (Å²) in [6, 6.07) is 4.00. The first-order valence-electron chi connectivity index (χ1n) is 6.62. The number of rotatable bonds is 5. The van der Waals surface area contributed by atoms with Gasteiger partial charge < -0.3 is 4.52 Å². The van der Waals surface area contributed by atoms with Crippen LogP contribution in [0, 0.1) is 13.8 Å². The lowest BCUT2D eigenvalue weighted by Gasteiger charge is -2.04. The first-order chi connectivity index (χ1) is 9.51. The molecule has 0 unspecified atom stereocenters. The van der Waals surface area contributed by atoms with E-state index in [1.54, 1.807) is 0 Å². The third-order valence-electron chi connectivity index (χ3n) is 3.04. The normalized spacial score (nSPS) is 10.8. The van der Waals surface area contributed by atoms with Gasteiger partial charge in [0.25, 0.3) is 0 Å². The van der Waals surface area contributed by atoms with E-state index in [4.69, 9.17) is 4.52 Å². The summed E-state index contributed by atoms with van der Waals surface area (Å²) in [6.45, 7) is 6.02. The van der Waals surface area contributed by atoms with E-state index in [0.717, 1.165) is 27.6 Å². The van der Waals surface area contributed by atoms with E-state index < -0.39 is 0 Å². The van der Waals surface area contributed by atoms with Gasteiger partial charge in [-0.2, -0.15) is 4.98 Å². The van der Waals surface area contributed by atoms with Gasteiger partial charge in [0, 0.05) is 16.5 Å². The summed E-state index contributed by atoms with van der Waals surface area (Å²) in [5.74, 6) is 1.05. The van der Waals surface area contributed by atoms with E-state index in [-0.39, 0.29) is 12.2 Å². The number of nitrogens with zero attached hydrogens (tertiary/aromatic N) is 2. The number of aryl methyl sites for hydroxylation is 2. The highest BCUT2D eigenvalue weighted by molar-refractivity contribution is 9.10. The molecule has 106 valence electrons. The summed E-state index contributed by atoms with van der Waals surface area (Å²) in [5.41, 5.74) is 3.14. The minimum atomic E-state index is 0.130. The average Bonchev–Trinajstić information content (AvgIpc) is 2.84. The van der Waals surface area contributed by atoms with E-state index >= 15 is 0 Å². The minimum absolute atomic E-state index is 0.130. The number of carbonyl (C=O) groups excluding carboxylic acids is 1. The van der Waals surface area contributed by atoms with E-state index in [1.165, 1.54) is 0 Å². The Hall–Kier alpha value is -1.49. The Kier molecular flexibility index (Phi) is 4.70. The van der Waals surface area contributed by atoms with Crippen molar-refractivity contribution in [2.75, 3.05) is 0 Å². The molecular formula is C15H17BrN2O2. The average molecular weight is 337 g/mol. The second kappa shape index (κ2) is 6.31. The molecule has 0 spiro atoms. The van der Waals surface area contributed by atoms with Gasteiger partial charge in [0.05, 0.1) is 6.42 Å². The van der Waals surface area contributed by atoms with E-state index in [0.29, 0.717) is 18.1 Å². The van der Waals surface area contributed by atoms with Gasteiger partial charge in [-0.25, -0.2) is 0 Å². The first-order valence-corrected chi connectivity index (χ1v) is 7.42. The molecule has 0 bridgehead atoms. The number of halogens is 1. The molecule has 0 aliphatic carbocycles. The number of aromatic nitrogens is 2. The zero-order valence-corrected chi connectivity index (χ0v) is 13.5. The molecule has 0 atom stereocenters. The number of hydrogen-bond donors (Lipinski definition) is 0. The van der Waals surface area contributed by atoms with Crippen molar-refractivity contribution >= 4 is 21.7 Å². The van der Waals surface area contributed by atoms with Crippen LogP contribution in [0.2, 0.25) is 0 Å². The second-order valence-electron chi connectivity index (χ2n) is 4.90. The molecule has 0 aliphatic heterocycles. The highest BCUT2D eigenvalue weighted by Gasteiger charge is 2.13. The monoisotopic (exact) mass is 336 g/mol. The largest absolute Gasteiger partial charge is 0.339 e. The molecule has 0 saturated carbocycles. The topological polar surface area (TPSA) is 56.0 Å². The summed E-state index contributed by atoms with van der Waals surface area (Å²) in [7, 11) is 0. The lowest BCUT2D eigenvalue weighted by Crippen LogP contribution is -2.01. The Labute approximate surface area is 126 Å². The van der Waals surface area contributed by atoms with E-state index in [2.05, 4.69) is 26.1 Å². The molecule has 2 rings (SSSR count). The van der Waals surface area contributed by atoms with Gasteiger partial charge in [-0.05, 0) is 43.5 Å². The molecule has 0 fully saturated rings. The molecule has 4 nitrogen and oxygen atoms in total. The van der Waals surface area contributed by atoms with Crippen molar-refractivity contribution in [2.24, 2.45) is 0 Å². The van der Waals surface area contributed by atoms with Crippen molar-refractivity contribution < 1.29 is 9.32 Å². The van der Waals surface area contributed by atoms with Crippen LogP contribution in [0.15, 0.2) is 21.1 Å². The second-order valence-corrected chi connectivity index (χ2v) is 5.69. The molecule has 0 radical (unpaired) electrons. The molecular weight excluding hydrogens is 320 g/mol. The Morgan fingerprint density at radius 1 is 1.30 bits per heavy atom. The first kappa shape index (κ1) is 14.9. The highest BCUT2D eigenvalue weighted by Crippen LogP contribution is 2.27. The third-order valence-corrected chi connectivity index (χ3v) is 4.29. The lowest BCUT2D eigenvalue weighted by atomic mass is 10.1. The van der Waals surface area contributed by atoms with E-state index in [1.807, 2.05) is 32.9 Å². The molecule has 1 aromatic heterocycles. The lowest BCUT2D eigenvalue weighted by molar-refractivity contribution is -0.118. The van der Waals surface area contributed by atoms with Crippen molar-refractivity contribution in [1.82, 2.24) is 10.1 Å². The molecule has 20 heavy (non-hydrogen) atoms. The SMILES string of the molecule is CCCC(=O)Cc1nc(-c2cc(C)c(Br)c(C)c2)no1. The maximum atomic E-state index is 11.6. The number of Topliss-reactive ketones (excluding diaryl/α,β-unsaturated/α-hetero) is 1. The van der Waals surface area contributed by atoms with Gasteiger partial charge in [-0.3, -0.25) is 4.79 Å². The minimum Gasteiger partial charge on any atom is -0.339 e. The van der Waals surface area contributed by atoms with Crippen LogP contribution in [0.3, 0.4) is 0 Å². The van der Waals surface area contributed by atoms with Crippen LogP contribution in [-0.4, -0.2) is 15.9 Å².